The molecule has 0 saturated carbocycles. The normalized spacial score (nSPS) is 14.0. The van der Waals surface area contributed by atoms with Crippen molar-refractivity contribution in [2.45, 2.75) is 6.54 Å². The minimum atomic E-state index is -0.731. The summed E-state index contributed by atoms with van der Waals surface area (Å²) in [5, 5.41) is 0.418. The van der Waals surface area contributed by atoms with Gasteiger partial charge >= 0.3 is 0 Å². The SMILES string of the molecule is Cn1c(Cl)cnc1CN1C(=O)C(=O)c2cc(F)cc(Br)c21. The van der Waals surface area contributed by atoms with Crippen molar-refractivity contribution in [3.63, 3.8) is 0 Å². The number of carbonyl (C=O) groups is 2. The van der Waals surface area contributed by atoms with Gasteiger partial charge in [-0.25, -0.2) is 9.37 Å². The Balaban J connectivity index is 2.08. The minimum Gasteiger partial charge on any atom is -0.321 e. The van der Waals surface area contributed by atoms with Crippen LogP contribution in [0, 0.1) is 5.82 Å². The number of aromatic nitrogens is 2. The number of carbonyl (C=O) groups excluding carboxylic acids is 2. The number of hydrogen-bond acceptors (Lipinski definition) is 3. The number of imidazole rings is 1. The number of anilines is 1. The molecule has 0 N–H and O–H groups in total. The average molecular weight is 373 g/mol. The van der Waals surface area contributed by atoms with Crippen molar-refractivity contribution in [3.8, 4) is 0 Å². The van der Waals surface area contributed by atoms with E-state index in [4.69, 9.17) is 11.6 Å². The molecule has 1 amide bonds. The highest BCUT2D eigenvalue weighted by molar-refractivity contribution is 9.10. The standard InChI is InChI=1S/C13H8BrClFN3O2/c1-18-9(15)4-17-10(18)5-19-11-7(12(20)13(19)21)2-6(16)3-8(11)14/h2-4H,5H2,1H3. The summed E-state index contributed by atoms with van der Waals surface area (Å²) in [5.41, 5.74) is 0.401. The Bertz CT molecular complexity index is 790. The van der Waals surface area contributed by atoms with E-state index in [-0.39, 0.29) is 12.1 Å². The van der Waals surface area contributed by atoms with Gasteiger partial charge in [0.15, 0.2) is 0 Å². The van der Waals surface area contributed by atoms with Gasteiger partial charge in [-0.2, -0.15) is 0 Å². The van der Waals surface area contributed by atoms with Crippen LogP contribution < -0.4 is 4.90 Å². The van der Waals surface area contributed by atoms with E-state index in [1.165, 1.54) is 17.2 Å². The van der Waals surface area contributed by atoms with Crippen molar-refractivity contribution in [2.75, 3.05) is 4.90 Å². The molecule has 0 unspecified atom stereocenters. The van der Waals surface area contributed by atoms with Crippen LogP contribution >= 0.6 is 27.5 Å². The molecule has 1 aliphatic heterocycles. The van der Waals surface area contributed by atoms with Crippen molar-refractivity contribution >= 4 is 44.9 Å². The Labute approximate surface area is 132 Å². The Morgan fingerprint density at radius 1 is 1.38 bits per heavy atom. The van der Waals surface area contributed by atoms with Crippen LogP contribution in [0.5, 0.6) is 0 Å². The lowest BCUT2D eigenvalue weighted by atomic mass is 10.1. The second kappa shape index (κ2) is 4.92. The predicted molar refractivity (Wildman–Crippen MR) is 77.8 cm³/mol. The van der Waals surface area contributed by atoms with Gasteiger partial charge < -0.3 is 4.57 Å². The monoisotopic (exact) mass is 371 g/mol. The highest BCUT2D eigenvalue weighted by atomic mass is 79.9. The van der Waals surface area contributed by atoms with E-state index in [1.807, 2.05) is 0 Å². The van der Waals surface area contributed by atoms with Gasteiger partial charge in [0.05, 0.1) is 24.0 Å². The lowest BCUT2D eigenvalue weighted by Gasteiger charge is -2.17. The molecule has 0 aliphatic carbocycles. The Kier molecular flexibility index (Phi) is 3.33. The maximum atomic E-state index is 13.4. The average Bonchev–Trinajstić information content (AvgIpc) is 2.85. The highest BCUT2D eigenvalue weighted by Gasteiger charge is 2.38. The molecule has 108 valence electrons. The van der Waals surface area contributed by atoms with E-state index in [9.17, 15) is 14.0 Å². The molecule has 0 fully saturated rings. The Morgan fingerprint density at radius 2 is 2.10 bits per heavy atom. The minimum absolute atomic E-state index is 0.0483. The van der Waals surface area contributed by atoms with Crippen molar-refractivity contribution in [1.29, 1.82) is 0 Å². The van der Waals surface area contributed by atoms with Gasteiger partial charge in [0, 0.05) is 11.5 Å². The number of nitrogens with zero attached hydrogens (tertiary/aromatic N) is 3. The van der Waals surface area contributed by atoms with Crippen LogP contribution in [-0.2, 0) is 18.4 Å². The molecular weight excluding hydrogens is 365 g/mol. The van der Waals surface area contributed by atoms with Gasteiger partial charge in [-0.15, -0.1) is 0 Å². The zero-order valence-electron chi connectivity index (χ0n) is 10.7. The lowest BCUT2D eigenvalue weighted by molar-refractivity contribution is -0.114. The Hall–Kier alpha value is -1.73. The van der Waals surface area contributed by atoms with Crippen LogP contribution in [0.25, 0.3) is 0 Å². The molecule has 0 radical (unpaired) electrons. The number of benzene rings is 1. The summed E-state index contributed by atoms with van der Waals surface area (Å²) in [6.07, 6.45) is 1.46. The first kappa shape index (κ1) is 14.2. The molecule has 2 aromatic rings. The highest BCUT2D eigenvalue weighted by Crippen LogP contribution is 2.37. The first-order valence-electron chi connectivity index (χ1n) is 5.91. The number of amides is 1. The van der Waals surface area contributed by atoms with E-state index in [1.54, 1.807) is 11.6 Å². The second-order valence-electron chi connectivity index (χ2n) is 4.56. The number of halogens is 3. The summed E-state index contributed by atoms with van der Waals surface area (Å²) in [6.45, 7) is 0.0744. The molecule has 21 heavy (non-hydrogen) atoms. The Morgan fingerprint density at radius 3 is 2.71 bits per heavy atom. The third-order valence-electron chi connectivity index (χ3n) is 3.31. The van der Waals surface area contributed by atoms with Crippen molar-refractivity contribution in [1.82, 2.24) is 9.55 Å². The van der Waals surface area contributed by atoms with Crippen molar-refractivity contribution < 1.29 is 14.0 Å². The summed E-state index contributed by atoms with van der Waals surface area (Å²) < 4.78 is 15.3. The van der Waals surface area contributed by atoms with Gasteiger partial charge in [0.2, 0.25) is 0 Å². The zero-order chi connectivity index (χ0) is 15.3. The third kappa shape index (κ3) is 2.16. The van der Waals surface area contributed by atoms with Crippen LogP contribution in [0.2, 0.25) is 5.15 Å². The fourth-order valence-electron chi connectivity index (χ4n) is 2.22. The summed E-state index contributed by atoms with van der Waals surface area (Å²) in [5.74, 6) is -1.50. The molecule has 0 atom stereocenters. The van der Waals surface area contributed by atoms with Gasteiger partial charge in [0.25, 0.3) is 11.7 Å². The maximum Gasteiger partial charge on any atom is 0.299 e. The summed E-state index contributed by atoms with van der Waals surface area (Å²) in [6, 6.07) is 2.27. The number of rotatable bonds is 2. The van der Waals surface area contributed by atoms with E-state index in [2.05, 4.69) is 20.9 Å². The first-order chi connectivity index (χ1) is 9.90. The predicted octanol–water partition coefficient (Wildman–Crippen LogP) is 2.70. The van der Waals surface area contributed by atoms with E-state index >= 15 is 0 Å². The second-order valence-corrected chi connectivity index (χ2v) is 5.80. The van der Waals surface area contributed by atoms with Gasteiger partial charge in [-0.1, -0.05) is 11.6 Å². The lowest BCUT2D eigenvalue weighted by Crippen LogP contribution is -2.30. The molecule has 1 aromatic carbocycles. The number of Topliss-reactive ketones (excluding diaryl/α,β-unsaturated/α-hetero) is 1. The topological polar surface area (TPSA) is 55.2 Å². The van der Waals surface area contributed by atoms with E-state index in [0.29, 0.717) is 21.1 Å². The maximum absolute atomic E-state index is 13.4. The van der Waals surface area contributed by atoms with Gasteiger partial charge in [0.1, 0.15) is 16.8 Å². The molecule has 5 nitrogen and oxygen atoms in total. The fraction of sp³-hybridized carbons (Fsp3) is 0.154. The van der Waals surface area contributed by atoms with E-state index in [0.717, 1.165) is 6.07 Å². The molecule has 3 rings (SSSR count). The van der Waals surface area contributed by atoms with Gasteiger partial charge in [-0.05, 0) is 28.1 Å². The smallest absolute Gasteiger partial charge is 0.299 e. The molecule has 0 saturated heterocycles. The molecule has 8 heteroatoms. The third-order valence-corrected chi connectivity index (χ3v) is 4.26. The summed E-state index contributed by atoms with van der Waals surface area (Å²) in [7, 11) is 1.70. The molecule has 0 bridgehead atoms. The zero-order valence-corrected chi connectivity index (χ0v) is 13.1. The van der Waals surface area contributed by atoms with Crippen LogP contribution in [-0.4, -0.2) is 21.2 Å². The van der Waals surface area contributed by atoms with Crippen LogP contribution in [0.15, 0.2) is 22.8 Å². The van der Waals surface area contributed by atoms with Crippen LogP contribution in [0.1, 0.15) is 16.2 Å². The fourth-order valence-corrected chi connectivity index (χ4v) is 3.01. The molecule has 0 spiro atoms. The largest absolute Gasteiger partial charge is 0.321 e. The first-order valence-corrected chi connectivity index (χ1v) is 7.08. The van der Waals surface area contributed by atoms with Gasteiger partial charge in [-0.3, -0.25) is 14.5 Å². The molecule has 2 heterocycles. The quantitative estimate of drug-likeness (QED) is 0.762. The number of hydrogen-bond donors (Lipinski definition) is 0. The van der Waals surface area contributed by atoms with E-state index < -0.39 is 17.5 Å². The molecular formula is C13H8BrClFN3O2. The van der Waals surface area contributed by atoms with Crippen LogP contribution in [0.4, 0.5) is 10.1 Å². The van der Waals surface area contributed by atoms with Crippen molar-refractivity contribution in [3.05, 3.63) is 45.2 Å². The number of ketones is 1. The van der Waals surface area contributed by atoms with Crippen molar-refractivity contribution in [2.24, 2.45) is 7.05 Å². The number of fused-ring (bicyclic) bond motifs is 1. The molecule has 1 aromatic heterocycles. The summed E-state index contributed by atoms with van der Waals surface area (Å²) in [4.78, 5) is 29.4. The van der Waals surface area contributed by atoms with Crippen LogP contribution in [0.3, 0.4) is 0 Å². The summed E-state index contributed by atoms with van der Waals surface area (Å²) >= 11 is 9.09. The molecule has 1 aliphatic rings.